The van der Waals surface area contributed by atoms with E-state index in [9.17, 15) is 13.2 Å². The van der Waals surface area contributed by atoms with Crippen LogP contribution in [0.15, 0.2) is 53.6 Å². The van der Waals surface area contributed by atoms with Crippen LogP contribution in [0.2, 0.25) is 0 Å². The van der Waals surface area contributed by atoms with Crippen LogP contribution in [0, 0.1) is 6.92 Å². The second-order valence-electron chi connectivity index (χ2n) is 8.27. The molecular weight excluding hydrogens is 426 g/mol. The zero-order chi connectivity index (χ0) is 23.0. The third kappa shape index (κ3) is 4.27. The molecule has 0 spiro atoms. The lowest BCUT2D eigenvalue weighted by Crippen LogP contribution is -2.27. The third-order valence-electron chi connectivity index (χ3n) is 5.42. The zero-order valence-electron chi connectivity index (χ0n) is 18.7. The van der Waals surface area contributed by atoms with Gasteiger partial charge < -0.3 is 9.64 Å². The van der Waals surface area contributed by atoms with E-state index >= 15 is 0 Å². The number of carbonyl (C=O) groups excluding carboxylic acids is 1. The van der Waals surface area contributed by atoms with Gasteiger partial charge in [0.25, 0.3) is 5.91 Å². The third-order valence-corrected chi connectivity index (χ3v) is 7.15. The maximum absolute atomic E-state index is 13.4. The molecule has 0 saturated heterocycles. The molecule has 2 heterocycles. The van der Waals surface area contributed by atoms with Crippen LogP contribution in [0.4, 0.5) is 0 Å². The minimum absolute atomic E-state index is 0.0345. The monoisotopic (exact) mass is 453 g/mol. The van der Waals surface area contributed by atoms with Gasteiger partial charge in [0, 0.05) is 18.3 Å². The molecule has 0 radical (unpaired) electrons. The highest BCUT2D eigenvalue weighted by molar-refractivity contribution is 7.91. The number of hydrogen-bond acceptors (Lipinski definition) is 5. The van der Waals surface area contributed by atoms with Crippen molar-refractivity contribution in [2.24, 2.45) is 0 Å². The molecule has 0 atom stereocenters. The highest BCUT2D eigenvalue weighted by Crippen LogP contribution is 2.30. The molecule has 2 aromatic carbocycles. The Bertz CT molecular complexity index is 1250. The fourth-order valence-corrected chi connectivity index (χ4v) is 4.67. The van der Waals surface area contributed by atoms with Crippen molar-refractivity contribution in [3.63, 3.8) is 0 Å². The van der Waals surface area contributed by atoms with E-state index in [-0.39, 0.29) is 28.2 Å². The first-order valence-electron chi connectivity index (χ1n) is 10.6. The van der Waals surface area contributed by atoms with Crippen LogP contribution in [0.3, 0.4) is 0 Å². The summed E-state index contributed by atoms with van der Waals surface area (Å²) in [6, 6.07) is 12.6. The summed E-state index contributed by atoms with van der Waals surface area (Å²) in [6.45, 7) is 8.12. The number of sulfone groups is 1. The van der Waals surface area contributed by atoms with Gasteiger partial charge in [-0.1, -0.05) is 19.1 Å². The number of nitrogens with zero attached hydrogens (tertiary/aromatic N) is 3. The minimum atomic E-state index is -3.45. The molecule has 0 fully saturated rings. The van der Waals surface area contributed by atoms with Crippen LogP contribution in [0.25, 0.3) is 5.69 Å². The highest BCUT2D eigenvalue weighted by atomic mass is 32.2. The van der Waals surface area contributed by atoms with Crippen LogP contribution >= 0.6 is 0 Å². The molecule has 0 aliphatic carbocycles. The fourth-order valence-electron chi connectivity index (χ4n) is 3.76. The quantitative estimate of drug-likeness (QED) is 0.565. The Hall–Kier alpha value is -3.13. The molecule has 32 heavy (non-hydrogen) atoms. The molecule has 0 saturated carbocycles. The zero-order valence-corrected chi connectivity index (χ0v) is 19.5. The summed E-state index contributed by atoms with van der Waals surface area (Å²) in [6.07, 6.45) is 1.80. The summed E-state index contributed by atoms with van der Waals surface area (Å²) in [5.41, 5.74) is 4.19. The molecule has 1 amide bonds. The average molecular weight is 454 g/mol. The smallest absolute Gasteiger partial charge is 0.258 e. The molecule has 1 aliphatic rings. The molecule has 8 heteroatoms. The normalized spacial score (nSPS) is 13.5. The highest BCUT2D eigenvalue weighted by Gasteiger charge is 2.30. The number of amides is 1. The SMILES string of the molecule is CCS(=O)(=O)c1ccc(OC(C)C)c(C(=O)N2Cc3cn(-c4cccc(C)c4)nc3C2)c1. The van der Waals surface area contributed by atoms with Gasteiger partial charge in [0.15, 0.2) is 9.84 Å². The molecule has 0 bridgehead atoms. The van der Waals surface area contributed by atoms with Crippen LogP contribution in [-0.2, 0) is 22.9 Å². The summed E-state index contributed by atoms with van der Waals surface area (Å²) in [7, 11) is -3.45. The summed E-state index contributed by atoms with van der Waals surface area (Å²) in [5.74, 6) is 0.0797. The first-order valence-corrected chi connectivity index (χ1v) is 12.3. The van der Waals surface area contributed by atoms with Crippen molar-refractivity contribution in [1.82, 2.24) is 14.7 Å². The lowest BCUT2D eigenvalue weighted by molar-refractivity contribution is 0.0742. The lowest BCUT2D eigenvalue weighted by atomic mass is 10.1. The standard InChI is InChI=1S/C24H27N3O4S/c1-5-32(29,30)20-9-10-23(31-16(2)3)21(12-20)24(28)26-13-18-14-27(25-22(18)15-26)19-8-6-7-17(4)11-19/h6-12,14,16H,5,13,15H2,1-4H3. The number of fused-ring (bicyclic) bond motifs is 1. The number of aromatic nitrogens is 2. The maximum Gasteiger partial charge on any atom is 0.258 e. The van der Waals surface area contributed by atoms with Crippen LogP contribution in [0.1, 0.15) is 48.0 Å². The first-order chi connectivity index (χ1) is 15.2. The van der Waals surface area contributed by atoms with E-state index in [4.69, 9.17) is 4.74 Å². The van der Waals surface area contributed by atoms with Crippen molar-refractivity contribution in [2.45, 2.75) is 51.8 Å². The maximum atomic E-state index is 13.4. The number of aryl methyl sites for hydroxylation is 1. The van der Waals surface area contributed by atoms with E-state index < -0.39 is 9.84 Å². The topological polar surface area (TPSA) is 81.5 Å². The van der Waals surface area contributed by atoms with Crippen LogP contribution in [-0.4, -0.2) is 40.9 Å². The Kier molecular flexibility index (Phi) is 5.81. The Morgan fingerprint density at radius 1 is 1.16 bits per heavy atom. The van der Waals surface area contributed by atoms with E-state index in [0.29, 0.717) is 18.8 Å². The number of ether oxygens (including phenoxy) is 1. The molecule has 0 N–H and O–H groups in total. The van der Waals surface area contributed by atoms with Gasteiger partial charge in [-0.15, -0.1) is 0 Å². The van der Waals surface area contributed by atoms with Crippen LogP contribution in [0.5, 0.6) is 5.75 Å². The number of benzene rings is 2. The van der Waals surface area contributed by atoms with Gasteiger partial charge in [0.2, 0.25) is 0 Å². The first kappa shape index (κ1) is 22.1. The van der Waals surface area contributed by atoms with E-state index in [2.05, 4.69) is 11.2 Å². The van der Waals surface area contributed by atoms with Crippen molar-refractivity contribution in [1.29, 1.82) is 0 Å². The van der Waals surface area contributed by atoms with Gasteiger partial charge in [0.05, 0.1) is 40.2 Å². The van der Waals surface area contributed by atoms with E-state index in [1.54, 1.807) is 17.9 Å². The van der Waals surface area contributed by atoms with Crippen molar-refractivity contribution in [3.8, 4) is 11.4 Å². The van der Waals surface area contributed by atoms with Gasteiger partial charge in [-0.05, 0) is 56.7 Å². The van der Waals surface area contributed by atoms with Gasteiger partial charge in [-0.25, -0.2) is 13.1 Å². The predicted octanol–water partition coefficient (Wildman–Crippen LogP) is 3.92. The van der Waals surface area contributed by atoms with Crippen LogP contribution < -0.4 is 4.74 Å². The van der Waals surface area contributed by atoms with Crippen molar-refractivity contribution in [2.75, 3.05) is 5.75 Å². The molecule has 4 rings (SSSR count). The molecule has 0 unspecified atom stereocenters. The second-order valence-corrected chi connectivity index (χ2v) is 10.6. The van der Waals surface area contributed by atoms with E-state index in [0.717, 1.165) is 22.5 Å². The molecule has 1 aromatic heterocycles. The Morgan fingerprint density at radius 3 is 2.59 bits per heavy atom. The van der Waals surface area contributed by atoms with Gasteiger partial charge in [-0.2, -0.15) is 5.10 Å². The summed E-state index contributed by atoms with van der Waals surface area (Å²) in [4.78, 5) is 15.2. The second kappa shape index (κ2) is 8.43. The van der Waals surface area contributed by atoms with E-state index in [1.165, 1.54) is 12.1 Å². The summed E-state index contributed by atoms with van der Waals surface area (Å²) in [5, 5.41) is 4.66. The fraction of sp³-hybridized carbons (Fsp3) is 0.333. The molecular formula is C24H27N3O4S. The molecule has 1 aliphatic heterocycles. The summed E-state index contributed by atoms with van der Waals surface area (Å²) >= 11 is 0. The average Bonchev–Trinajstić information content (AvgIpc) is 3.32. The lowest BCUT2D eigenvalue weighted by Gasteiger charge is -2.20. The largest absolute Gasteiger partial charge is 0.490 e. The predicted molar refractivity (Wildman–Crippen MR) is 122 cm³/mol. The Morgan fingerprint density at radius 2 is 1.94 bits per heavy atom. The van der Waals surface area contributed by atoms with Gasteiger partial charge in [0.1, 0.15) is 5.75 Å². The molecule has 3 aromatic rings. The van der Waals surface area contributed by atoms with Crippen molar-refractivity contribution in [3.05, 3.63) is 71.0 Å². The molecule has 7 nitrogen and oxygen atoms in total. The number of hydrogen-bond donors (Lipinski definition) is 0. The molecule has 168 valence electrons. The van der Waals surface area contributed by atoms with Crippen molar-refractivity contribution >= 4 is 15.7 Å². The Labute approximate surface area is 188 Å². The van der Waals surface area contributed by atoms with Crippen molar-refractivity contribution < 1.29 is 17.9 Å². The number of rotatable bonds is 6. The van der Waals surface area contributed by atoms with Gasteiger partial charge >= 0.3 is 0 Å². The number of carbonyl (C=O) groups is 1. The Balaban J connectivity index is 1.62. The van der Waals surface area contributed by atoms with Gasteiger partial charge in [-0.3, -0.25) is 4.79 Å². The summed E-state index contributed by atoms with van der Waals surface area (Å²) < 4.78 is 32.4. The minimum Gasteiger partial charge on any atom is -0.490 e. The van der Waals surface area contributed by atoms with E-state index in [1.807, 2.05) is 49.8 Å².